The largest absolute Gasteiger partial charge is 0.481 e. The molecule has 222 valence electrons. The predicted molar refractivity (Wildman–Crippen MR) is 152 cm³/mol. The summed E-state index contributed by atoms with van der Waals surface area (Å²) >= 11 is 1.45. The van der Waals surface area contributed by atoms with Crippen LogP contribution in [0.25, 0.3) is 0 Å². The number of hydrogen-bond donors (Lipinski definition) is 4. The number of ether oxygens (including phenoxy) is 1. The van der Waals surface area contributed by atoms with Crippen LogP contribution in [0.2, 0.25) is 0 Å². The summed E-state index contributed by atoms with van der Waals surface area (Å²) < 4.78 is 6.29. The Morgan fingerprint density at radius 1 is 1.18 bits per heavy atom. The molecule has 0 saturated heterocycles. The van der Waals surface area contributed by atoms with Gasteiger partial charge in [-0.3, -0.25) is 14.4 Å². The number of aliphatic hydroxyl groups is 2. The number of ketones is 1. The maximum atomic E-state index is 13.5. The van der Waals surface area contributed by atoms with E-state index in [4.69, 9.17) is 20.4 Å². The van der Waals surface area contributed by atoms with Gasteiger partial charge in [0.15, 0.2) is 0 Å². The number of nitrogens with two attached hydrogens (primary N) is 1. The monoisotopic (exact) mass is 567 g/mol. The highest BCUT2D eigenvalue weighted by Crippen LogP contribution is 2.68. The van der Waals surface area contributed by atoms with E-state index in [2.05, 4.69) is 27.4 Å². The van der Waals surface area contributed by atoms with Crippen molar-refractivity contribution >= 4 is 29.5 Å². The molecule has 0 radical (unpaired) electrons. The van der Waals surface area contributed by atoms with Gasteiger partial charge in [0.25, 0.3) is 5.97 Å². The lowest BCUT2D eigenvalue weighted by Gasteiger charge is -2.61. The van der Waals surface area contributed by atoms with E-state index in [0.717, 1.165) is 39.0 Å². The molecule has 11 atom stereocenters. The second kappa shape index (κ2) is 12.2. The summed E-state index contributed by atoms with van der Waals surface area (Å²) in [6.45, 7) is 13.6. The molecule has 4 aliphatic carbocycles. The minimum Gasteiger partial charge on any atom is -0.481 e. The van der Waals surface area contributed by atoms with Crippen molar-refractivity contribution in [2.75, 3.05) is 5.75 Å². The molecule has 0 aromatic rings. The van der Waals surface area contributed by atoms with Gasteiger partial charge in [0, 0.05) is 41.4 Å². The van der Waals surface area contributed by atoms with Gasteiger partial charge < -0.3 is 25.8 Å². The van der Waals surface area contributed by atoms with Crippen molar-refractivity contribution in [1.29, 1.82) is 0 Å². The van der Waals surface area contributed by atoms with E-state index >= 15 is 0 Å². The summed E-state index contributed by atoms with van der Waals surface area (Å²) in [5.41, 5.74) is 4.57. The van der Waals surface area contributed by atoms with Gasteiger partial charge >= 0.3 is 5.97 Å². The molecule has 4 fully saturated rings. The van der Waals surface area contributed by atoms with Gasteiger partial charge in [0.1, 0.15) is 11.9 Å². The van der Waals surface area contributed by atoms with Crippen LogP contribution in [0.15, 0.2) is 12.7 Å². The number of carbonyl (C=O) groups excluding carboxylic acids is 2. The first-order valence-electron chi connectivity index (χ1n) is 14.4. The van der Waals surface area contributed by atoms with Gasteiger partial charge in [0.05, 0.1) is 18.0 Å². The Bertz CT molecular complexity index is 940. The highest BCUT2D eigenvalue weighted by molar-refractivity contribution is 8.00. The van der Waals surface area contributed by atoms with E-state index in [9.17, 15) is 19.8 Å². The Balaban J connectivity index is 0.000000983. The average Bonchev–Trinajstić information content (AvgIpc) is 3.21. The summed E-state index contributed by atoms with van der Waals surface area (Å²) in [6.07, 6.45) is 6.01. The summed E-state index contributed by atoms with van der Waals surface area (Å²) in [6, 6.07) is 0.0195. The maximum absolute atomic E-state index is 13.5. The lowest BCUT2D eigenvalue weighted by molar-refractivity contribution is -0.205. The van der Waals surface area contributed by atoms with Crippen molar-refractivity contribution in [2.24, 2.45) is 39.7 Å². The van der Waals surface area contributed by atoms with Crippen molar-refractivity contribution in [3.63, 3.8) is 0 Å². The Labute approximate surface area is 237 Å². The standard InChI is InChI=1S/C28H45NO5S.C2H4O2/c1-6-26(4)14-22(34-23(32)15-35-21-8-7-18(29)13-20(21)31)27(5)16(2)9-11-28(17(3)25(26)33)12-10-19(30)24(27)28;1-2(3)4/h6,16-18,20-22,24-25,31,33H,1,7-15,29H2,2-5H3;1H3,(H,3,4)/t16-,17+,18-,20-,21-,22-,24+,25+,26-,27+,28+;/m1./s1. The van der Waals surface area contributed by atoms with E-state index in [0.29, 0.717) is 19.3 Å². The molecule has 4 aliphatic rings. The Morgan fingerprint density at radius 2 is 1.82 bits per heavy atom. The lowest BCUT2D eigenvalue weighted by atomic mass is 9.44. The van der Waals surface area contributed by atoms with Crippen LogP contribution in [-0.4, -0.2) is 68.4 Å². The summed E-state index contributed by atoms with van der Waals surface area (Å²) in [4.78, 5) is 35.7. The topological polar surface area (TPSA) is 147 Å². The highest BCUT2D eigenvalue weighted by atomic mass is 32.2. The number of carboxylic acids is 1. The third-order valence-corrected chi connectivity index (χ3v) is 12.2. The molecule has 9 heteroatoms. The maximum Gasteiger partial charge on any atom is 0.316 e. The number of aliphatic carboxylic acids is 1. The van der Waals surface area contributed by atoms with Gasteiger partial charge in [0.2, 0.25) is 0 Å². The SMILES string of the molecule is C=C[C@]1(C)C[C@@H](OC(=O)CS[C@@H]2CC[C@@H](N)C[C@H]2O)[C@]2(C)[C@H](C)CC[C@]3(CCC(=O)[C@H]32)[C@@H](C)[C@@H]1O.CC(=O)O. The van der Waals surface area contributed by atoms with Crippen molar-refractivity contribution in [3.8, 4) is 0 Å². The molecule has 2 bridgehead atoms. The number of esters is 1. The Hall–Kier alpha value is -1.42. The van der Waals surface area contributed by atoms with Crippen LogP contribution in [0.3, 0.4) is 0 Å². The zero-order chi connectivity index (χ0) is 29.3. The molecule has 4 rings (SSSR count). The summed E-state index contributed by atoms with van der Waals surface area (Å²) in [5, 5.41) is 29.4. The number of rotatable bonds is 5. The van der Waals surface area contributed by atoms with Crippen molar-refractivity contribution < 1.29 is 34.4 Å². The highest BCUT2D eigenvalue weighted by Gasteiger charge is 2.68. The molecule has 0 spiro atoms. The average molecular weight is 568 g/mol. The fourth-order valence-electron chi connectivity index (χ4n) is 8.21. The quantitative estimate of drug-likeness (QED) is 0.286. The molecule has 0 aliphatic heterocycles. The van der Waals surface area contributed by atoms with Crippen molar-refractivity contribution in [3.05, 3.63) is 12.7 Å². The number of aliphatic hydroxyl groups excluding tert-OH is 2. The van der Waals surface area contributed by atoms with Gasteiger partial charge in [-0.15, -0.1) is 18.3 Å². The molecule has 4 saturated carbocycles. The molecule has 39 heavy (non-hydrogen) atoms. The molecular weight excluding hydrogens is 518 g/mol. The Morgan fingerprint density at radius 3 is 2.41 bits per heavy atom. The molecule has 0 amide bonds. The predicted octanol–water partition coefficient (Wildman–Crippen LogP) is 3.96. The third kappa shape index (κ3) is 6.11. The first-order chi connectivity index (χ1) is 18.1. The van der Waals surface area contributed by atoms with Gasteiger partial charge in [-0.25, -0.2) is 0 Å². The minimum absolute atomic E-state index is 0.0194. The van der Waals surface area contributed by atoms with Gasteiger partial charge in [-0.1, -0.05) is 33.8 Å². The van der Waals surface area contributed by atoms with E-state index in [1.54, 1.807) is 0 Å². The fourth-order valence-corrected chi connectivity index (χ4v) is 9.27. The minimum atomic E-state index is -0.833. The zero-order valence-electron chi connectivity index (χ0n) is 24.2. The second-order valence-electron chi connectivity index (χ2n) is 13.1. The number of carboxylic acid groups (broad SMARTS) is 1. The summed E-state index contributed by atoms with van der Waals surface area (Å²) in [7, 11) is 0. The molecular formula is C30H49NO7S. The third-order valence-electron chi connectivity index (χ3n) is 10.8. The van der Waals surface area contributed by atoms with E-state index in [1.165, 1.54) is 11.8 Å². The van der Waals surface area contributed by atoms with Crippen LogP contribution in [0.1, 0.15) is 86.0 Å². The fraction of sp³-hybridized carbons (Fsp3) is 0.833. The number of thioether (sulfide) groups is 1. The van der Waals surface area contributed by atoms with Crippen molar-refractivity contribution in [2.45, 2.75) is 116 Å². The first kappa shape index (κ1) is 32.1. The van der Waals surface area contributed by atoms with Crippen molar-refractivity contribution in [1.82, 2.24) is 0 Å². The number of carbonyl (C=O) groups is 3. The van der Waals surface area contributed by atoms with Gasteiger partial charge in [-0.05, 0) is 62.2 Å². The zero-order valence-corrected chi connectivity index (χ0v) is 25.0. The Kier molecular flexibility index (Phi) is 10.1. The van der Waals surface area contributed by atoms with Crippen LogP contribution in [-0.2, 0) is 19.1 Å². The molecule has 0 heterocycles. The van der Waals surface area contributed by atoms with Gasteiger partial charge in [-0.2, -0.15) is 0 Å². The number of hydrogen-bond acceptors (Lipinski definition) is 8. The molecule has 0 unspecified atom stereocenters. The van der Waals surface area contributed by atoms with Crippen LogP contribution in [0.5, 0.6) is 0 Å². The smallest absolute Gasteiger partial charge is 0.316 e. The molecule has 0 aromatic carbocycles. The second-order valence-corrected chi connectivity index (χ2v) is 14.3. The van der Waals surface area contributed by atoms with Crippen LogP contribution < -0.4 is 5.73 Å². The van der Waals surface area contributed by atoms with E-state index in [1.807, 2.05) is 13.0 Å². The lowest BCUT2D eigenvalue weighted by Crippen LogP contribution is -2.63. The van der Waals surface area contributed by atoms with Crippen LogP contribution >= 0.6 is 11.8 Å². The molecule has 8 nitrogen and oxygen atoms in total. The first-order valence-corrected chi connectivity index (χ1v) is 15.5. The molecule has 0 aromatic heterocycles. The van der Waals surface area contributed by atoms with Crippen LogP contribution in [0.4, 0.5) is 0 Å². The number of Topliss-reactive ketones (excluding diaryl/α,β-unsaturated/α-hetero) is 1. The molecule has 5 N–H and O–H groups in total. The summed E-state index contributed by atoms with van der Waals surface area (Å²) in [5.74, 6) is -0.772. The van der Waals surface area contributed by atoms with E-state index in [-0.39, 0.29) is 52.0 Å². The van der Waals surface area contributed by atoms with E-state index < -0.39 is 35.1 Å². The normalized spacial score (nSPS) is 45.6. The van der Waals surface area contributed by atoms with Crippen LogP contribution in [0, 0.1) is 34.0 Å².